The van der Waals surface area contributed by atoms with E-state index in [4.69, 9.17) is 23.2 Å². The normalized spacial score (nSPS) is 10.3. The third kappa shape index (κ3) is 2.53. The van der Waals surface area contributed by atoms with Gasteiger partial charge in [0.25, 0.3) is 0 Å². The highest BCUT2D eigenvalue weighted by atomic mass is 35.5. The summed E-state index contributed by atoms with van der Waals surface area (Å²) in [7, 11) is 0. The number of hydrogen-bond acceptors (Lipinski definition) is 0. The fourth-order valence-electron chi connectivity index (χ4n) is 1.47. The Morgan fingerprint density at radius 1 is 0.800 bits per heavy atom. The van der Waals surface area contributed by atoms with Crippen LogP contribution in [0.4, 0.5) is 0 Å². The van der Waals surface area contributed by atoms with Crippen molar-refractivity contribution in [3.63, 3.8) is 0 Å². The quantitative estimate of drug-likeness (QED) is 0.664. The first-order valence-corrected chi connectivity index (χ1v) is 5.29. The van der Waals surface area contributed by atoms with Crippen molar-refractivity contribution in [1.29, 1.82) is 0 Å². The maximum atomic E-state index is 5.94. The summed E-state index contributed by atoms with van der Waals surface area (Å²) in [6, 6.07) is 13.4. The second kappa shape index (κ2) is 4.26. The van der Waals surface area contributed by atoms with Crippen LogP contribution in [0.3, 0.4) is 0 Å². The van der Waals surface area contributed by atoms with Crippen LogP contribution in [-0.4, -0.2) is 0 Å². The van der Waals surface area contributed by atoms with E-state index in [0.717, 1.165) is 16.7 Å². The average Bonchev–Trinajstić information content (AvgIpc) is 2.16. The summed E-state index contributed by atoms with van der Waals surface area (Å²) >= 11 is 11.9. The molecule has 1 radical (unpaired) electrons. The zero-order valence-electron chi connectivity index (χ0n) is 8.00. The second-order valence-corrected chi connectivity index (χ2v) is 4.23. The van der Waals surface area contributed by atoms with E-state index in [1.54, 1.807) is 6.07 Å². The molecule has 0 spiro atoms. The molecule has 0 bridgehead atoms. The number of hydrogen-bond donors (Lipinski definition) is 0. The van der Waals surface area contributed by atoms with Crippen LogP contribution in [0, 0.1) is 6.92 Å². The Bertz CT molecular complexity index is 469. The van der Waals surface area contributed by atoms with Crippen molar-refractivity contribution in [3.8, 4) is 11.1 Å². The minimum absolute atomic E-state index is 0.645. The molecule has 0 aliphatic carbocycles. The van der Waals surface area contributed by atoms with Crippen molar-refractivity contribution >= 4 is 23.2 Å². The molecule has 15 heavy (non-hydrogen) atoms. The van der Waals surface area contributed by atoms with Gasteiger partial charge in [-0.3, -0.25) is 0 Å². The Morgan fingerprint density at radius 3 is 2.07 bits per heavy atom. The average molecular weight is 236 g/mol. The molecule has 0 aromatic heterocycles. The van der Waals surface area contributed by atoms with Crippen LogP contribution in [0.1, 0.15) is 5.56 Å². The molecule has 0 saturated heterocycles. The van der Waals surface area contributed by atoms with Crippen LogP contribution >= 0.6 is 23.2 Å². The standard InChI is InChI=1S/C13H9Cl2/c1-9-3-2-4-10(5-9)11-6-12(14)8-13(15)7-11/h2-8H,1H2. The van der Waals surface area contributed by atoms with E-state index in [-0.39, 0.29) is 0 Å². The summed E-state index contributed by atoms with van der Waals surface area (Å²) in [5, 5.41) is 1.29. The Balaban J connectivity index is 2.54. The van der Waals surface area contributed by atoms with Gasteiger partial charge in [-0.2, -0.15) is 0 Å². The Kier molecular flexibility index (Phi) is 2.99. The fourth-order valence-corrected chi connectivity index (χ4v) is 2.00. The van der Waals surface area contributed by atoms with Gasteiger partial charge in [-0.15, -0.1) is 0 Å². The van der Waals surface area contributed by atoms with Crippen LogP contribution in [0.15, 0.2) is 42.5 Å². The van der Waals surface area contributed by atoms with Gasteiger partial charge in [0, 0.05) is 10.0 Å². The van der Waals surface area contributed by atoms with Gasteiger partial charge in [-0.25, -0.2) is 0 Å². The van der Waals surface area contributed by atoms with Crippen molar-refractivity contribution in [3.05, 3.63) is 65.0 Å². The van der Waals surface area contributed by atoms with Crippen LogP contribution in [0.25, 0.3) is 11.1 Å². The van der Waals surface area contributed by atoms with Gasteiger partial charge in [-0.05, 0) is 41.8 Å². The van der Waals surface area contributed by atoms with Crippen LogP contribution < -0.4 is 0 Å². The summed E-state index contributed by atoms with van der Waals surface area (Å²) in [5.74, 6) is 0. The summed E-state index contributed by atoms with van der Waals surface area (Å²) in [4.78, 5) is 0. The molecule has 0 amide bonds. The lowest BCUT2D eigenvalue weighted by Gasteiger charge is -2.04. The summed E-state index contributed by atoms with van der Waals surface area (Å²) < 4.78 is 0. The van der Waals surface area contributed by atoms with Gasteiger partial charge in [-0.1, -0.05) is 47.5 Å². The first-order chi connectivity index (χ1) is 7.15. The predicted molar refractivity (Wildman–Crippen MR) is 66.4 cm³/mol. The van der Waals surface area contributed by atoms with Gasteiger partial charge >= 0.3 is 0 Å². The first kappa shape index (κ1) is 10.5. The molecule has 0 saturated carbocycles. The van der Waals surface area contributed by atoms with Gasteiger partial charge in [0.15, 0.2) is 0 Å². The van der Waals surface area contributed by atoms with Crippen LogP contribution in [0.2, 0.25) is 10.0 Å². The van der Waals surface area contributed by atoms with E-state index in [1.807, 2.05) is 36.4 Å². The largest absolute Gasteiger partial charge is 0.0843 e. The molecule has 2 rings (SSSR count). The Hall–Kier alpha value is -0.980. The lowest BCUT2D eigenvalue weighted by molar-refractivity contribution is 1.57. The van der Waals surface area contributed by atoms with E-state index >= 15 is 0 Å². The summed E-state index contributed by atoms with van der Waals surface area (Å²) in [6.07, 6.45) is 0. The van der Waals surface area contributed by atoms with Crippen molar-refractivity contribution in [2.75, 3.05) is 0 Å². The summed E-state index contributed by atoms with van der Waals surface area (Å²) in [5.41, 5.74) is 3.06. The highest BCUT2D eigenvalue weighted by molar-refractivity contribution is 6.35. The van der Waals surface area contributed by atoms with E-state index in [1.165, 1.54) is 0 Å². The van der Waals surface area contributed by atoms with Gasteiger partial charge < -0.3 is 0 Å². The molecular weight excluding hydrogens is 227 g/mol. The fraction of sp³-hybridized carbons (Fsp3) is 0. The van der Waals surface area contributed by atoms with Gasteiger partial charge in [0.05, 0.1) is 0 Å². The molecule has 0 N–H and O–H groups in total. The highest BCUT2D eigenvalue weighted by Crippen LogP contribution is 2.27. The molecule has 2 aromatic rings. The molecule has 0 nitrogen and oxygen atoms in total. The minimum Gasteiger partial charge on any atom is -0.0843 e. The van der Waals surface area contributed by atoms with Crippen molar-refractivity contribution in [2.45, 2.75) is 0 Å². The Labute approximate surface area is 99.5 Å². The van der Waals surface area contributed by atoms with Crippen LogP contribution in [-0.2, 0) is 0 Å². The number of halogens is 2. The maximum Gasteiger partial charge on any atom is 0.0426 e. The van der Waals surface area contributed by atoms with E-state index in [0.29, 0.717) is 10.0 Å². The molecule has 2 heteroatoms. The smallest absolute Gasteiger partial charge is 0.0426 e. The third-order valence-electron chi connectivity index (χ3n) is 2.12. The minimum atomic E-state index is 0.645. The Morgan fingerprint density at radius 2 is 1.47 bits per heavy atom. The lowest BCUT2D eigenvalue weighted by atomic mass is 10.0. The third-order valence-corrected chi connectivity index (χ3v) is 2.56. The molecule has 0 heterocycles. The molecule has 0 atom stereocenters. The molecule has 0 fully saturated rings. The maximum absolute atomic E-state index is 5.94. The van der Waals surface area contributed by atoms with E-state index < -0.39 is 0 Å². The number of benzene rings is 2. The summed E-state index contributed by atoms with van der Waals surface area (Å²) in [6.45, 7) is 3.89. The SMILES string of the molecule is [CH2]c1cccc(-c2cc(Cl)cc(Cl)c2)c1. The zero-order chi connectivity index (χ0) is 10.8. The van der Waals surface area contributed by atoms with Gasteiger partial charge in [0.1, 0.15) is 0 Å². The molecule has 0 unspecified atom stereocenters. The zero-order valence-corrected chi connectivity index (χ0v) is 9.52. The topological polar surface area (TPSA) is 0 Å². The predicted octanol–water partition coefficient (Wildman–Crippen LogP) is 4.84. The molecule has 75 valence electrons. The van der Waals surface area contributed by atoms with Crippen molar-refractivity contribution in [2.24, 2.45) is 0 Å². The monoisotopic (exact) mass is 235 g/mol. The molecular formula is C13H9Cl2. The molecule has 0 aliphatic rings. The van der Waals surface area contributed by atoms with Crippen LogP contribution in [0.5, 0.6) is 0 Å². The van der Waals surface area contributed by atoms with Crippen molar-refractivity contribution < 1.29 is 0 Å². The highest BCUT2D eigenvalue weighted by Gasteiger charge is 2.01. The second-order valence-electron chi connectivity index (χ2n) is 3.36. The first-order valence-electron chi connectivity index (χ1n) is 4.53. The van der Waals surface area contributed by atoms with Crippen molar-refractivity contribution in [1.82, 2.24) is 0 Å². The molecule has 2 aromatic carbocycles. The number of rotatable bonds is 1. The van der Waals surface area contributed by atoms with E-state index in [2.05, 4.69) is 6.92 Å². The lowest BCUT2D eigenvalue weighted by Crippen LogP contribution is -1.79. The van der Waals surface area contributed by atoms with E-state index in [9.17, 15) is 0 Å². The van der Waals surface area contributed by atoms with Gasteiger partial charge in [0.2, 0.25) is 0 Å². The molecule has 0 aliphatic heterocycles.